The van der Waals surface area contributed by atoms with Gasteiger partial charge in [0.2, 0.25) is 0 Å². The van der Waals surface area contributed by atoms with Crippen LogP contribution in [-0.4, -0.2) is 12.4 Å². The van der Waals surface area contributed by atoms with Gasteiger partial charge in [-0.2, -0.15) is 0 Å². The molecule has 118 valence electrons. The van der Waals surface area contributed by atoms with Gasteiger partial charge >= 0.3 is 0 Å². The first-order valence-electron chi connectivity index (χ1n) is 8.08. The maximum atomic E-state index is 13.1. The SMILES string of the molecule is CCCCCCCCCCOc1ccc(F)cc1C(C)=O. The second-order valence-electron chi connectivity index (χ2n) is 5.52. The van der Waals surface area contributed by atoms with Crippen LogP contribution < -0.4 is 4.74 Å². The number of ether oxygens (including phenoxy) is 1. The lowest BCUT2D eigenvalue weighted by Gasteiger charge is -2.09. The highest BCUT2D eigenvalue weighted by Crippen LogP contribution is 2.20. The molecular weight excluding hydrogens is 267 g/mol. The van der Waals surface area contributed by atoms with Gasteiger partial charge in [-0.1, -0.05) is 51.9 Å². The minimum Gasteiger partial charge on any atom is -0.493 e. The molecule has 0 saturated heterocycles. The molecule has 0 saturated carbocycles. The van der Waals surface area contributed by atoms with Crippen LogP contribution in [0.1, 0.15) is 75.6 Å². The van der Waals surface area contributed by atoms with Gasteiger partial charge in [-0.25, -0.2) is 4.39 Å². The fourth-order valence-electron chi connectivity index (χ4n) is 2.32. The smallest absolute Gasteiger partial charge is 0.163 e. The fraction of sp³-hybridized carbons (Fsp3) is 0.611. The summed E-state index contributed by atoms with van der Waals surface area (Å²) in [5.74, 6) is -0.0769. The monoisotopic (exact) mass is 294 g/mol. The third-order valence-corrected chi connectivity index (χ3v) is 3.58. The summed E-state index contributed by atoms with van der Waals surface area (Å²) in [4.78, 5) is 11.4. The molecule has 0 aliphatic heterocycles. The molecule has 0 radical (unpaired) electrons. The Morgan fingerprint density at radius 1 is 1.05 bits per heavy atom. The number of hydrogen-bond donors (Lipinski definition) is 0. The normalized spacial score (nSPS) is 10.6. The van der Waals surface area contributed by atoms with Crippen molar-refractivity contribution >= 4 is 5.78 Å². The van der Waals surface area contributed by atoms with Crippen molar-refractivity contribution in [2.24, 2.45) is 0 Å². The van der Waals surface area contributed by atoms with Crippen LogP contribution in [0, 0.1) is 5.82 Å². The van der Waals surface area contributed by atoms with Crippen molar-refractivity contribution in [3.05, 3.63) is 29.6 Å². The van der Waals surface area contributed by atoms with E-state index in [0.29, 0.717) is 17.9 Å². The molecule has 21 heavy (non-hydrogen) atoms. The lowest BCUT2D eigenvalue weighted by molar-refractivity contribution is 0.101. The molecule has 0 fully saturated rings. The van der Waals surface area contributed by atoms with Crippen molar-refractivity contribution in [2.75, 3.05) is 6.61 Å². The third-order valence-electron chi connectivity index (χ3n) is 3.58. The number of unbranched alkanes of at least 4 members (excludes halogenated alkanes) is 7. The number of ketones is 1. The molecule has 0 aliphatic rings. The van der Waals surface area contributed by atoms with E-state index < -0.39 is 5.82 Å². The molecule has 0 aromatic heterocycles. The van der Waals surface area contributed by atoms with Gasteiger partial charge in [-0.15, -0.1) is 0 Å². The van der Waals surface area contributed by atoms with E-state index in [0.717, 1.165) is 12.8 Å². The Hall–Kier alpha value is -1.38. The number of Topliss-reactive ketones (excluding diaryl/α,β-unsaturated/α-hetero) is 1. The molecule has 0 atom stereocenters. The Labute approximate surface area is 127 Å². The zero-order valence-corrected chi connectivity index (χ0v) is 13.3. The van der Waals surface area contributed by atoms with Crippen molar-refractivity contribution in [1.29, 1.82) is 0 Å². The van der Waals surface area contributed by atoms with E-state index in [-0.39, 0.29) is 5.78 Å². The van der Waals surface area contributed by atoms with Crippen LogP contribution >= 0.6 is 0 Å². The fourth-order valence-corrected chi connectivity index (χ4v) is 2.32. The molecule has 0 unspecified atom stereocenters. The van der Waals surface area contributed by atoms with Gasteiger partial charge in [-0.05, 0) is 31.5 Å². The van der Waals surface area contributed by atoms with E-state index in [1.165, 1.54) is 63.6 Å². The molecule has 1 aromatic rings. The van der Waals surface area contributed by atoms with Gasteiger partial charge in [0.05, 0.1) is 12.2 Å². The van der Waals surface area contributed by atoms with E-state index in [9.17, 15) is 9.18 Å². The number of halogens is 1. The molecule has 3 heteroatoms. The zero-order chi connectivity index (χ0) is 15.5. The van der Waals surface area contributed by atoms with Gasteiger partial charge < -0.3 is 4.74 Å². The highest BCUT2D eigenvalue weighted by atomic mass is 19.1. The summed E-state index contributed by atoms with van der Waals surface area (Å²) in [6.07, 6.45) is 9.91. The van der Waals surface area contributed by atoms with Crippen LogP contribution in [0.5, 0.6) is 5.75 Å². The van der Waals surface area contributed by atoms with Crippen molar-refractivity contribution in [3.63, 3.8) is 0 Å². The van der Waals surface area contributed by atoms with Crippen LogP contribution in [-0.2, 0) is 0 Å². The van der Waals surface area contributed by atoms with E-state index >= 15 is 0 Å². The zero-order valence-electron chi connectivity index (χ0n) is 13.3. The first-order chi connectivity index (χ1) is 10.1. The van der Waals surface area contributed by atoms with E-state index in [2.05, 4.69) is 6.92 Å². The average Bonchev–Trinajstić information content (AvgIpc) is 2.46. The minimum absolute atomic E-state index is 0.166. The second kappa shape index (κ2) is 10.4. The highest BCUT2D eigenvalue weighted by molar-refractivity contribution is 5.96. The lowest BCUT2D eigenvalue weighted by atomic mass is 10.1. The molecular formula is C18H27FO2. The van der Waals surface area contributed by atoms with Crippen LogP contribution in [0.3, 0.4) is 0 Å². The van der Waals surface area contributed by atoms with Gasteiger partial charge in [-0.3, -0.25) is 4.79 Å². The second-order valence-corrected chi connectivity index (χ2v) is 5.52. The van der Waals surface area contributed by atoms with Crippen molar-refractivity contribution in [2.45, 2.75) is 65.2 Å². The summed E-state index contributed by atoms with van der Waals surface area (Å²) in [5.41, 5.74) is 0.328. The lowest BCUT2D eigenvalue weighted by Crippen LogP contribution is -2.03. The Balaban J connectivity index is 2.20. The van der Waals surface area contributed by atoms with Crippen molar-refractivity contribution in [3.8, 4) is 5.75 Å². The van der Waals surface area contributed by atoms with Crippen molar-refractivity contribution < 1.29 is 13.9 Å². The Kier molecular flexibility index (Phi) is 8.72. The first kappa shape index (κ1) is 17.7. The topological polar surface area (TPSA) is 26.3 Å². The Morgan fingerprint density at radius 3 is 2.29 bits per heavy atom. The van der Waals surface area contributed by atoms with Gasteiger partial charge in [0.1, 0.15) is 11.6 Å². The number of hydrogen-bond acceptors (Lipinski definition) is 2. The van der Waals surface area contributed by atoms with Gasteiger partial charge in [0.15, 0.2) is 5.78 Å². The van der Waals surface area contributed by atoms with Crippen LogP contribution in [0.15, 0.2) is 18.2 Å². The minimum atomic E-state index is -0.403. The van der Waals surface area contributed by atoms with E-state index in [4.69, 9.17) is 4.74 Å². The molecule has 1 rings (SSSR count). The largest absolute Gasteiger partial charge is 0.493 e. The molecule has 1 aromatic carbocycles. The Bertz CT molecular complexity index is 429. The first-order valence-corrected chi connectivity index (χ1v) is 8.08. The van der Waals surface area contributed by atoms with Gasteiger partial charge in [0, 0.05) is 0 Å². The molecule has 0 heterocycles. The number of carbonyl (C=O) groups is 1. The number of benzene rings is 1. The molecule has 2 nitrogen and oxygen atoms in total. The third kappa shape index (κ3) is 7.26. The van der Waals surface area contributed by atoms with Crippen LogP contribution in [0.4, 0.5) is 4.39 Å². The molecule has 0 N–H and O–H groups in total. The van der Waals surface area contributed by atoms with Gasteiger partial charge in [0.25, 0.3) is 0 Å². The van der Waals surface area contributed by atoms with Crippen molar-refractivity contribution in [1.82, 2.24) is 0 Å². The summed E-state index contributed by atoms with van der Waals surface area (Å²) in [6, 6.07) is 4.11. The van der Waals surface area contributed by atoms with E-state index in [1.54, 1.807) is 0 Å². The summed E-state index contributed by atoms with van der Waals surface area (Å²) < 4.78 is 18.7. The summed E-state index contributed by atoms with van der Waals surface area (Å²) in [6.45, 7) is 4.24. The molecule has 0 bridgehead atoms. The quantitative estimate of drug-likeness (QED) is 0.395. The molecule has 0 spiro atoms. The maximum absolute atomic E-state index is 13.1. The highest BCUT2D eigenvalue weighted by Gasteiger charge is 2.09. The predicted molar refractivity (Wildman–Crippen MR) is 84.5 cm³/mol. The summed E-state index contributed by atoms with van der Waals surface area (Å²) in [5, 5.41) is 0. The van der Waals surface area contributed by atoms with E-state index in [1.807, 2.05) is 0 Å². The predicted octanol–water partition coefficient (Wildman–Crippen LogP) is 5.55. The van der Waals surface area contributed by atoms with Crippen LogP contribution in [0.2, 0.25) is 0 Å². The van der Waals surface area contributed by atoms with Crippen LogP contribution in [0.25, 0.3) is 0 Å². The maximum Gasteiger partial charge on any atom is 0.163 e. The summed E-state index contributed by atoms with van der Waals surface area (Å²) >= 11 is 0. The number of rotatable bonds is 11. The Morgan fingerprint density at radius 2 is 1.67 bits per heavy atom. The number of carbonyl (C=O) groups excluding carboxylic acids is 1. The molecule has 0 amide bonds. The summed E-state index contributed by atoms with van der Waals surface area (Å²) in [7, 11) is 0. The average molecular weight is 294 g/mol. The standard InChI is InChI=1S/C18H27FO2/c1-3-4-5-6-7-8-9-10-13-21-18-12-11-16(19)14-17(18)15(2)20/h11-12,14H,3-10,13H2,1-2H3. The molecule has 0 aliphatic carbocycles.